The maximum absolute atomic E-state index is 13.1. The molecule has 0 amide bonds. The fraction of sp³-hybridized carbons (Fsp3) is 0.667. The molecular formula is C18H25ClN6O3S. The molecule has 11 heteroatoms. The second-order valence-electron chi connectivity index (χ2n) is 8.00. The van der Waals surface area contributed by atoms with Crippen LogP contribution in [0.4, 0.5) is 5.82 Å². The molecule has 158 valence electrons. The number of anilines is 1. The van der Waals surface area contributed by atoms with Gasteiger partial charge in [-0.15, -0.1) is 0 Å². The molecule has 0 aromatic carbocycles. The van der Waals surface area contributed by atoms with Crippen molar-refractivity contribution in [3.05, 3.63) is 21.8 Å². The topological polar surface area (TPSA) is 119 Å². The lowest BCUT2D eigenvalue weighted by molar-refractivity contribution is 0.261. The molecule has 2 fully saturated rings. The van der Waals surface area contributed by atoms with E-state index in [0.29, 0.717) is 23.6 Å². The van der Waals surface area contributed by atoms with Crippen molar-refractivity contribution in [2.45, 2.75) is 51.6 Å². The largest absolute Gasteiger partial charge is 0.365 e. The van der Waals surface area contributed by atoms with Crippen LogP contribution in [0.1, 0.15) is 45.6 Å². The monoisotopic (exact) mass is 440 g/mol. The molecule has 0 radical (unpaired) electrons. The van der Waals surface area contributed by atoms with Gasteiger partial charge in [-0.2, -0.15) is 4.98 Å². The highest BCUT2D eigenvalue weighted by atomic mass is 35.5. The van der Waals surface area contributed by atoms with Gasteiger partial charge in [-0.25, -0.2) is 23.1 Å². The van der Waals surface area contributed by atoms with Crippen LogP contribution >= 0.6 is 11.6 Å². The van der Waals surface area contributed by atoms with E-state index in [-0.39, 0.29) is 40.4 Å². The van der Waals surface area contributed by atoms with Crippen LogP contribution < -0.4 is 15.6 Å². The molecule has 0 unspecified atom stereocenters. The first-order chi connectivity index (χ1) is 13.8. The van der Waals surface area contributed by atoms with Gasteiger partial charge < -0.3 is 5.32 Å². The van der Waals surface area contributed by atoms with Gasteiger partial charge in [0.15, 0.2) is 11.5 Å². The quantitative estimate of drug-likeness (QED) is 0.602. The molecule has 1 atom stereocenters. The fourth-order valence-corrected chi connectivity index (χ4v) is 4.84. The van der Waals surface area contributed by atoms with Gasteiger partial charge in [-0.05, 0) is 63.0 Å². The number of nitrogens with zero attached hydrogens (tertiary/aromatic N) is 4. The first-order valence-corrected chi connectivity index (χ1v) is 12.0. The van der Waals surface area contributed by atoms with Crippen molar-refractivity contribution >= 4 is 38.6 Å². The number of rotatable bonds is 8. The van der Waals surface area contributed by atoms with Crippen molar-refractivity contribution in [3.63, 3.8) is 0 Å². The van der Waals surface area contributed by atoms with Gasteiger partial charge in [0.05, 0.1) is 11.9 Å². The summed E-state index contributed by atoms with van der Waals surface area (Å²) in [5, 5.41) is 3.25. The van der Waals surface area contributed by atoms with E-state index in [9.17, 15) is 13.2 Å². The Morgan fingerprint density at radius 3 is 2.69 bits per heavy atom. The van der Waals surface area contributed by atoms with Gasteiger partial charge in [0.25, 0.3) is 5.56 Å². The van der Waals surface area contributed by atoms with Crippen molar-refractivity contribution < 1.29 is 8.42 Å². The molecule has 9 nitrogen and oxygen atoms in total. The molecule has 2 N–H and O–H groups in total. The molecule has 2 aliphatic rings. The van der Waals surface area contributed by atoms with Gasteiger partial charge >= 0.3 is 0 Å². The Labute approximate surface area is 174 Å². The van der Waals surface area contributed by atoms with Crippen LogP contribution in [0, 0.1) is 11.8 Å². The van der Waals surface area contributed by atoms with Crippen molar-refractivity contribution in [3.8, 4) is 0 Å². The molecule has 4 rings (SSSR count). The molecule has 2 aromatic heterocycles. The molecule has 0 aliphatic heterocycles. The smallest absolute Gasteiger partial charge is 0.295 e. The Balaban J connectivity index is 1.51. The minimum Gasteiger partial charge on any atom is -0.365 e. The molecule has 2 aliphatic carbocycles. The lowest BCUT2D eigenvalue weighted by Gasteiger charge is -2.35. The van der Waals surface area contributed by atoms with Gasteiger partial charge in [0.2, 0.25) is 15.3 Å². The minimum absolute atomic E-state index is 0.0102. The average Bonchev–Trinajstić information content (AvgIpc) is 3.48. The number of halogens is 1. The third-order valence-corrected chi connectivity index (χ3v) is 7.47. The van der Waals surface area contributed by atoms with E-state index in [2.05, 4.69) is 25.0 Å². The van der Waals surface area contributed by atoms with Gasteiger partial charge in [-0.1, -0.05) is 0 Å². The van der Waals surface area contributed by atoms with Crippen LogP contribution in [0.5, 0.6) is 0 Å². The predicted octanol–water partition coefficient (Wildman–Crippen LogP) is 1.94. The zero-order chi connectivity index (χ0) is 20.8. The van der Waals surface area contributed by atoms with Crippen LogP contribution in [0.3, 0.4) is 0 Å². The number of nitrogens with one attached hydrogen (secondary N) is 2. The summed E-state index contributed by atoms with van der Waals surface area (Å²) in [4.78, 5) is 25.8. The molecule has 2 heterocycles. The molecule has 0 saturated heterocycles. The molecule has 2 saturated carbocycles. The summed E-state index contributed by atoms with van der Waals surface area (Å²) in [7, 11) is -3.18. The van der Waals surface area contributed by atoms with E-state index in [4.69, 9.17) is 11.6 Å². The summed E-state index contributed by atoms with van der Waals surface area (Å²) in [6.45, 7) is 4.20. The highest BCUT2D eigenvalue weighted by molar-refractivity contribution is 7.89. The highest BCUT2D eigenvalue weighted by Gasteiger charge is 2.33. The van der Waals surface area contributed by atoms with Crippen molar-refractivity contribution in [1.82, 2.24) is 24.2 Å². The summed E-state index contributed by atoms with van der Waals surface area (Å²) >= 11 is 5.95. The Kier molecular flexibility index (Phi) is 5.52. The van der Waals surface area contributed by atoms with Crippen LogP contribution in [0.25, 0.3) is 11.2 Å². The zero-order valence-electron chi connectivity index (χ0n) is 16.4. The molecular weight excluding hydrogens is 416 g/mol. The van der Waals surface area contributed by atoms with E-state index in [0.717, 1.165) is 25.7 Å². The first kappa shape index (κ1) is 20.5. The Morgan fingerprint density at radius 1 is 1.31 bits per heavy atom. The number of hydrogen-bond donors (Lipinski definition) is 2. The Morgan fingerprint density at radius 2 is 2.03 bits per heavy atom. The third kappa shape index (κ3) is 4.39. The van der Waals surface area contributed by atoms with E-state index < -0.39 is 10.0 Å². The normalized spacial score (nSPS) is 23.0. The van der Waals surface area contributed by atoms with Crippen molar-refractivity contribution in [2.75, 3.05) is 17.6 Å². The standard InChI is InChI=1S/C18H25ClN6O3S/c1-3-29(27,28)24-13-6-11(7-13)8-20-15-17(26)25(10(2)12-4-5-12)16-14(22-15)9-21-18(19)23-16/h9-13,24H,3-8H2,1-2H3,(H,20,22)/t10-,11-,13-/m0/s1. The fourth-order valence-electron chi connectivity index (χ4n) is 3.84. The predicted molar refractivity (Wildman–Crippen MR) is 112 cm³/mol. The van der Waals surface area contributed by atoms with Crippen LogP contribution in [0.2, 0.25) is 5.28 Å². The molecule has 0 spiro atoms. The lowest BCUT2D eigenvalue weighted by atomic mass is 9.81. The number of fused-ring (bicyclic) bond motifs is 1. The number of sulfonamides is 1. The Hall–Kier alpha value is -1.78. The highest BCUT2D eigenvalue weighted by Crippen LogP contribution is 2.39. The zero-order valence-corrected chi connectivity index (χ0v) is 18.0. The van der Waals surface area contributed by atoms with Gasteiger partial charge in [0, 0.05) is 18.6 Å². The SMILES string of the molecule is CCS(=O)(=O)N[C@H]1C[C@H](CNc2nc3cnc(Cl)nc3n([C@@H](C)C3CC3)c2=O)C1. The van der Waals surface area contributed by atoms with Crippen LogP contribution in [-0.2, 0) is 10.0 Å². The van der Waals surface area contributed by atoms with Crippen LogP contribution in [-0.4, -0.2) is 46.3 Å². The van der Waals surface area contributed by atoms with E-state index >= 15 is 0 Å². The summed E-state index contributed by atoms with van der Waals surface area (Å²) in [5.74, 6) is 1.10. The third-order valence-electron chi connectivity index (χ3n) is 5.83. The van der Waals surface area contributed by atoms with Crippen molar-refractivity contribution in [2.24, 2.45) is 11.8 Å². The second kappa shape index (κ2) is 7.81. The number of aromatic nitrogens is 4. The first-order valence-electron chi connectivity index (χ1n) is 9.96. The van der Waals surface area contributed by atoms with E-state index in [1.807, 2.05) is 6.92 Å². The van der Waals surface area contributed by atoms with Crippen LogP contribution in [0.15, 0.2) is 11.0 Å². The molecule has 2 aromatic rings. The summed E-state index contributed by atoms with van der Waals surface area (Å²) in [6.07, 6.45) is 5.20. The van der Waals surface area contributed by atoms with E-state index in [1.54, 1.807) is 11.5 Å². The maximum Gasteiger partial charge on any atom is 0.295 e. The second-order valence-corrected chi connectivity index (χ2v) is 10.4. The molecule has 0 bridgehead atoms. The summed E-state index contributed by atoms with van der Waals surface area (Å²) in [5.41, 5.74) is 0.762. The summed E-state index contributed by atoms with van der Waals surface area (Å²) in [6, 6.07) is -0.0190. The average molecular weight is 441 g/mol. The molecule has 29 heavy (non-hydrogen) atoms. The van der Waals surface area contributed by atoms with Gasteiger partial charge in [-0.3, -0.25) is 9.36 Å². The Bertz CT molecular complexity index is 1080. The number of hydrogen-bond acceptors (Lipinski definition) is 7. The summed E-state index contributed by atoms with van der Waals surface area (Å²) < 4.78 is 27.6. The minimum atomic E-state index is -3.18. The van der Waals surface area contributed by atoms with Crippen molar-refractivity contribution in [1.29, 1.82) is 0 Å². The van der Waals surface area contributed by atoms with Gasteiger partial charge in [0.1, 0.15) is 5.52 Å². The maximum atomic E-state index is 13.1. The lowest BCUT2D eigenvalue weighted by Crippen LogP contribution is -2.46. The van der Waals surface area contributed by atoms with E-state index in [1.165, 1.54) is 6.20 Å².